The predicted octanol–water partition coefficient (Wildman–Crippen LogP) is 3.01. The maximum Gasteiger partial charge on any atom is 0.180 e. The summed E-state index contributed by atoms with van der Waals surface area (Å²) in [6, 6.07) is 7.33. The zero-order chi connectivity index (χ0) is 24.0. The van der Waals surface area contributed by atoms with Crippen LogP contribution in [0.2, 0.25) is 5.02 Å². The van der Waals surface area contributed by atoms with Gasteiger partial charge in [0.25, 0.3) is 0 Å². The molecule has 9 nitrogen and oxygen atoms in total. The molecule has 178 valence electrons. The summed E-state index contributed by atoms with van der Waals surface area (Å²) in [5, 5.41) is 13.2. The number of benzene rings is 1. The van der Waals surface area contributed by atoms with Gasteiger partial charge in [-0.1, -0.05) is 23.4 Å². The first-order chi connectivity index (χ1) is 15.8. The molecule has 1 saturated heterocycles. The SMILES string of the molecule is CCO[C@@H](CN(N)/C=C(\N)c1csc(N)n1)C(OC1COC1C)Sc1ccc(C#N)c(Cl)c1. The summed E-state index contributed by atoms with van der Waals surface area (Å²) >= 11 is 8.99. The van der Waals surface area contributed by atoms with Gasteiger partial charge in [-0.05, 0) is 32.0 Å². The van der Waals surface area contributed by atoms with Crippen LogP contribution >= 0.6 is 34.7 Å². The summed E-state index contributed by atoms with van der Waals surface area (Å²) < 4.78 is 17.8. The van der Waals surface area contributed by atoms with E-state index in [1.54, 1.807) is 23.7 Å². The summed E-state index contributed by atoms with van der Waals surface area (Å²) in [7, 11) is 0. The van der Waals surface area contributed by atoms with Crippen LogP contribution in [0.4, 0.5) is 5.13 Å². The Morgan fingerprint density at radius 2 is 2.33 bits per heavy atom. The van der Waals surface area contributed by atoms with Gasteiger partial charge in [0, 0.05) is 23.1 Å². The lowest BCUT2D eigenvalue weighted by Gasteiger charge is -2.39. The van der Waals surface area contributed by atoms with E-state index in [9.17, 15) is 0 Å². The van der Waals surface area contributed by atoms with Crippen LogP contribution in [0.15, 0.2) is 34.7 Å². The topological polar surface area (TPSA) is 146 Å². The van der Waals surface area contributed by atoms with Gasteiger partial charge in [-0.3, -0.25) is 0 Å². The zero-order valence-corrected chi connectivity index (χ0v) is 20.7. The Labute approximate surface area is 206 Å². The van der Waals surface area contributed by atoms with Crippen molar-refractivity contribution in [1.82, 2.24) is 9.99 Å². The number of rotatable bonds is 11. The van der Waals surface area contributed by atoms with Gasteiger partial charge in [-0.15, -0.1) is 11.3 Å². The number of nitrogen functional groups attached to an aromatic ring is 1. The molecule has 1 aliphatic rings. The second kappa shape index (κ2) is 11.9. The van der Waals surface area contributed by atoms with Crippen LogP contribution in [0, 0.1) is 11.3 Å². The molecule has 1 aliphatic heterocycles. The minimum Gasteiger partial charge on any atom is -0.396 e. The summed E-state index contributed by atoms with van der Waals surface area (Å²) in [4.78, 5) is 5.02. The van der Waals surface area contributed by atoms with E-state index >= 15 is 0 Å². The number of nitrogens with two attached hydrogens (primary N) is 3. The molecule has 3 unspecified atom stereocenters. The first-order valence-electron chi connectivity index (χ1n) is 10.3. The molecule has 0 amide bonds. The summed E-state index contributed by atoms with van der Waals surface area (Å²) in [5.74, 6) is 6.24. The fraction of sp³-hybridized carbons (Fsp3) is 0.429. The predicted molar refractivity (Wildman–Crippen MR) is 131 cm³/mol. The molecule has 0 saturated carbocycles. The Morgan fingerprint density at radius 1 is 1.55 bits per heavy atom. The largest absolute Gasteiger partial charge is 0.396 e. The summed E-state index contributed by atoms with van der Waals surface area (Å²) in [6.45, 7) is 5.15. The van der Waals surface area contributed by atoms with Crippen LogP contribution in [0.5, 0.6) is 0 Å². The van der Waals surface area contributed by atoms with Crippen molar-refractivity contribution in [1.29, 1.82) is 5.26 Å². The van der Waals surface area contributed by atoms with E-state index in [4.69, 9.17) is 48.4 Å². The van der Waals surface area contributed by atoms with Gasteiger partial charge in [0.1, 0.15) is 29.4 Å². The van der Waals surface area contributed by atoms with Crippen LogP contribution in [0.3, 0.4) is 0 Å². The van der Waals surface area contributed by atoms with Gasteiger partial charge < -0.3 is 30.7 Å². The molecule has 1 aromatic carbocycles. The number of hydrogen-bond acceptors (Lipinski definition) is 11. The lowest BCUT2D eigenvalue weighted by atomic mass is 10.1. The normalized spacial score (nSPS) is 20.0. The number of hydrazine groups is 1. The van der Waals surface area contributed by atoms with Crippen molar-refractivity contribution in [2.24, 2.45) is 11.6 Å². The molecule has 2 heterocycles. The highest BCUT2D eigenvalue weighted by Gasteiger charge is 2.35. The summed E-state index contributed by atoms with van der Waals surface area (Å²) in [6.07, 6.45) is 1.11. The minimum absolute atomic E-state index is 0.0143. The molecule has 0 spiro atoms. The van der Waals surface area contributed by atoms with Gasteiger partial charge in [0.15, 0.2) is 5.13 Å². The molecule has 3 rings (SSSR count). The third-order valence-electron chi connectivity index (χ3n) is 4.87. The van der Waals surface area contributed by atoms with E-state index in [0.717, 1.165) is 4.90 Å². The maximum absolute atomic E-state index is 9.15. The third-order valence-corrected chi connectivity index (χ3v) is 7.03. The average molecular weight is 511 g/mol. The van der Waals surface area contributed by atoms with Crippen LogP contribution < -0.4 is 17.3 Å². The standard InChI is InChI=1S/C21H27ClN6O3S2/c1-3-29-18(9-28(26)8-16(24)17-11-32-21(25)27-17)20(31-19-10-30-12(19)2)33-14-5-4-13(7-23)15(22)6-14/h4-6,8,11-12,18-20H,3,9-10,24,26H2,1-2H3,(H2,25,27)/b16-8-/t12?,18-,19?,20?/m0/s1. The second-order valence-corrected chi connectivity index (χ2v) is 9.77. The summed E-state index contributed by atoms with van der Waals surface area (Å²) in [5.41, 5.74) is 12.8. The van der Waals surface area contributed by atoms with Gasteiger partial charge in [-0.2, -0.15) is 5.26 Å². The van der Waals surface area contributed by atoms with E-state index in [2.05, 4.69) is 11.1 Å². The molecule has 6 N–H and O–H groups in total. The van der Waals surface area contributed by atoms with Crippen molar-refractivity contribution in [2.45, 2.75) is 42.5 Å². The van der Waals surface area contributed by atoms with Crippen molar-refractivity contribution in [3.63, 3.8) is 0 Å². The minimum atomic E-state index is -0.416. The van der Waals surface area contributed by atoms with Crippen molar-refractivity contribution >= 4 is 45.5 Å². The first-order valence-corrected chi connectivity index (χ1v) is 12.4. The molecule has 0 aliphatic carbocycles. The van der Waals surface area contributed by atoms with Crippen molar-refractivity contribution in [3.05, 3.63) is 46.1 Å². The van der Waals surface area contributed by atoms with E-state index < -0.39 is 11.5 Å². The van der Waals surface area contributed by atoms with Gasteiger partial charge in [-0.25, -0.2) is 10.8 Å². The van der Waals surface area contributed by atoms with Crippen LogP contribution in [0.25, 0.3) is 5.70 Å². The highest BCUT2D eigenvalue weighted by Crippen LogP contribution is 2.33. The Kier molecular flexibility index (Phi) is 9.22. The fourth-order valence-corrected chi connectivity index (χ4v) is 5.01. The first kappa shape index (κ1) is 25.6. The van der Waals surface area contributed by atoms with E-state index in [1.807, 2.05) is 19.9 Å². The molecular formula is C21H27ClN6O3S2. The Balaban J connectivity index is 1.78. The van der Waals surface area contributed by atoms with Crippen molar-refractivity contribution in [2.75, 3.05) is 25.5 Å². The number of anilines is 1. The molecule has 1 aromatic heterocycles. The molecule has 2 aromatic rings. The van der Waals surface area contributed by atoms with E-state index in [-0.39, 0.29) is 12.2 Å². The quantitative estimate of drug-likeness (QED) is 0.178. The molecule has 12 heteroatoms. The number of thioether (sulfide) groups is 1. The number of aromatic nitrogens is 1. The van der Waals surface area contributed by atoms with Gasteiger partial charge in [0.2, 0.25) is 0 Å². The van der Waals surface area contributed by atoms with E-state index in [0.29, 0.717) is 46.9 Å². The van der Waals surface area contributed by atoms with Crippen molar-refractivity contribution in [3.8, 4) is 6.07 Å². The van der Waals surface area contributed by atoms with Gasteiger partial charge >= 0.3 is 0 Å². The zero-order valence-electron chi connectivity index (χ0n) is 18.3. The molecular weight excluding hydrogens is 484 g/mol. The number of halogens is 1. The van der Waals surface area contributed by atoms with Crippen LogP contribution in [0.1, 0.15) is 25.1 Å². The number of thiazole rings is 1. The smallest absolute Gasteiger partial charge is 0.180 e. The van der Waals surface area contributed by atoms with Crippen molar-refractivity contribution < 1.29 is 14.2 Å². The Hall–Kier alpha value is -2.04. The molecule has 4 atom stereocenters. The number of hydrogen-bond donors (Lipinski definition) is 3. The molecule has 0 bridgehead atoms. The Morgan fingerprint density at radius 3 is 2.88 bits per heavy atom. The lowest BCUT2D eigenvalue weighted by Crippen LogP contribution is -2.50. The Bertz CT molecular complexity index is 1010. The maximum atomic E-state index is 9.15. The number of nitriles is 1. The molecule has 0 radical (unpaired) electrons. The van der Waals surface area contributed by atoms with E-state index in [1.165, 1.54) is 28.1 Å². The number of ether oxygens (including phenoxy) is 3. The molecule has 1 fully saturated rings. The monoisotopic (exact) mass is 510 g/mol. The fourth-order valence-electron chi connectivity index (χ4n) is 3.03. The second-order valence-electron chi connectivity index (χ2n) is 7.30. The highest BCUT2D eigenvalue weighted by atomic mass is 35.5. The average Bonchev–Trinajstić information content (AvgIpc) is 3.21. The van der Waals surface area contributed by atoms with Crippen LogP contribution in [-0.2, 0) is 14.2 Å². The highest BCUT2D eigenvalue weighted by molar-refractivity contribution is 7.99. The lowest BCUT2D eigenvalue weighted by molar-refractivity contribution is -0.199. The third kappa shape index (κ3) is 6.97. The number of nitrogens with zero attached hydrogens (tertiary/aromatic N) is 3. The molecule has 33 heavy (non-hydrogen) atoms. The van der Waals surface area contributed by atoms with Gasteiger partial charge in [0.05, 0.1) is 35.5 Å². The van der Waals surface area contributed by atoms with Crippen LogP contribution in [-0.4, -0.2) is 53.5 Å².